The lowest BCUT2D eigenvalue weighted by Gasteiger charge is -1.99. The predicted molar refractivity (Wildman–Crippen MR) is 94.2 cm³/mol. The Bertz CT molecular complexity index is 926. The number of hydrogen-bond acceptors (Lipinski definition) is 3. The maximum atomic E-state index is 12.5. The lowest BCUT2D eigenvalue weighted by molar-refractivity contribution is 0.835. The van der Waals surface area contributed by atoms with Gasteiger partial charge in [0.1, 0.15) is 0 Å². The molecule has 0 saturated heterocycles. The number of H-pyrrole nitrogens is 1. The summed E-state index contributed by atoms with van der Waals surface area (Å²) in [6.45, 7) is 3.81. The van der Waals surface area contributed by atoms with E-state index in [1.807, 2.05) is 55.5 Å². The molecule has 23 heavy (non-hydrogen) atoms. The molecule has 0 aliphatic rings. The minimum absolute atomic E-state index is 0.222. The van der Waals surface area contributed by atoms with Crippen LogP contribution < -0.4 is 5.56 Å². The Labute approximate surface area is 141 Å². The Morgan fingerprint density at radius 1 is 1.04 bits per heavy atom. The Kier molecular flexibility index (Phi) is 4.25. The van der Waals surface area contributed by atoms with Gasteiger partial charge in [0.25, 0.3) is 5.56 Å². The highest BCUT2D eigenvalue weighted by Gasteiger charge is 2.12. The first-order valence-electron chi connectivity index (χ1n) is 7.11. The molecule has 0 unspecified atom stereocenters. The third kappa shape index (κ3) is 3.17. The van der Waals surface area contributed by atoms with Gasteiger partial charge in [-0.25, -0.2) is 4.68 Å². The van der Waals surface area contributed by atoms with E-state index in [1.54, 1.807) is 6.92 Å². The number of azo groups is 1. The van der Waals surface area contributed by atoms with E-state index in [9.17, 15) is 4.79 Å². The van der Waals surface area contributed by atoms with Crippen molar-refractivity contribution in [1.82, 2.24) is 9.78 Å². The molecule has 0 atom stereocenters. The molecule has 0 spiro atoms. The molecule has 3 aromatic rings. The van der Waals surface area contributed by atoms with Gasteiger partial charge in [0.05, 0.1) is 17.1 Å². The fourth-order valence-corrected chi connectivity index (χ4v) is 2.78. The van der Waals surface area contributed by atoms with Crippen LogP contribution in [-0.2, 0) is 0 Å². The summed E-state index contributed by atoms with van der Waals surface area (Å²) in [4.78, 5) is 12.5. The molecule has 1 aromatic heterocycles. The molecule has 0 fully saturated rings. The van der Waals surface area contributed by atoms with Gasteiger partial charge in [-0.1, -0.05) is 24.3 Å². The van der Waals surface area contributed by atoms with Crippen LogP contribution in [0.5, 0.6) is 0 Å². The number of nitrogens with zero attached hydrogens (tertiary/aromatic N) is 3. The summed E-state index contributed by atoms with van der Waals surface area (Å²) < 4.78 is 2.31. The average molecular weight is 371 g/mol. The van der Waals surface area contributed by atoms with Gasteiger partial charge in [-0.3, -0.25) is 9.89 Å². The lowest BCUT2D eigenvalue weighted by Crippen LogP contribution is -2.13. The van der Waals surface area contributed by atoms with E-state index >= 15 is 0 Å². The Balaban J connectivity index is 2.00. The fourth-order valence-electron chi connectivity index (χ4n) is 2.21. The van der Waals surface area contributed by atoms with Crippen molar-refractivity contribution in [1.29, 1.82) is 0 Å². The molecule has 3 rings (SSSR count). The Morgan fingerprint density at radius 3 is 2.48 bits per heavy atom. The third-order valence-corrected chi connectivity index (χ3v) is 4.05. The van der Waals surface area contributed by atoms with Crippen molar-refractivity contribution in [3.63, 3.8) is 0 Å². The van der Waals surface area contributed by atoms with Crippen molar-refractivity contribution in [2.45, 2.75) is 13.8 Å². The molecule has 0 saturated carbocycles. The van der Waals surface area contributed by atoms with Gasteiger partial charge in [-0.15, -0.1) is 10.2 Å². The predicted octanol–water partition coefficient (Wildman–Crippen LogP) is 4.96. The smallest absolute Gasteiger partial charge is 0.293 e. The first-order chi connectivity index (χ1) is 11.1. The second-order valence-electron chi connectivity index (χ2n) is 5.22. The van der Waals surface area contributed by atoms with Crippen molar-refractivity contribution >= 4 is 27.3 Å². The van der Waals surface area contributed by atoms with Crippen molar-refractivity contribution in [3.05, 3.63) is 74.6 Å². The van der Waals surface area contributed by atoms with Gasteiger partial charge in [0.2, 0.25) is 0 Å². The Hall–Kier alpha value is -2.47. The van der Waals surface area contributed by atoms with Gasteiger partial charge < -0.3 is 0 Å². The maximum Gasteiger partial charge on any atom is 0.299 e. The highest BCUT2D eigenvalue weighted by atomic mass is 79.9. The number of para-hydroxylation sites is 1. The fraction of sp³-hybridized carbons (Fsp3) is 0.118. The molecule has 0 amide bonds. The normalized spacial score (nSPS) is 11.3. The number of rotatable bonds is 3. The molecule has 6 heteroatoms. The summed E-state index contributed by atoms with van der Waals surface area (Å²) in [5.74, 6) is 0. The molecule has 0 bridgehead atoms. The summed E-state index contributed by atoms with van der Waals surface area (Å²) in [6, 6.07) is 15.1. The average Bonchev–Trinajstić information content (AvgIpc) is 2.82. The second kappa shape index (κ2) is 6.34. The van der Waals surface area contributed by atoms with Crippen LogP contribution in [0.25, 0.3) is 5.69 Å². The van der Waals surface area contributed by atoms with Crippen LogP contribution >= 0.6 is 15.9 Å². The first kappa shape index (κ1) is 15.4. The monoisotopic (exact) mass is 370 g/mol. The number of benzene rings is 2. The minimum atomic E-state index is -0.222. The van der Waals surface area contributed by atoms with E-state index < -0.39 is 0 Å². The number of nitrogens with one attached hydrogen (secondary N) is 1. The maximum absolute atomic E-state index is 12.5. The van der Waals surface area contributed by atoms with Gasteiger partial charge >= 0.3 is 0 Å². The highest BCUT2D eigenvalue weighted by molar-refractivity contribution is 9.10. The SMILES string of the molecule is Cc1ccc(N=Nc2c(C)[nH]n(-c3ccccc3)c2=O)c(Br)c1. The second-order valence-corrected chi connectivity index (χ2v) is 6.07. The van der Waals surface area contributed by atoms with Crippen LogP contribution in [0.4, 0.5) is 11.4 Å². The van der Waals surface area contributed by atoms with Crippen LogP contribution in [-0.4, -0.2) is 9.78 Å². The largest absolute Gasteiger partial charge is 0.299 e. The molecule has 1 heterocycles. The van der Waals surface area contributed by atoms with E-state index in [0.717, 1.165) is 15.7 Å². The number of aromatic amines is 1. The van der Waals surface area contributed by atoms with Gasteiger partial charge in [0, 0.05) is 4.47 Å². The minimum Gasteiger partial charge on any atom is -0.293 e. The molecule has 0 aliphatic carbocycles. The summed E-state index contributed by atoms with van der Waals surface area (Å²) in [5, 5.41) is 11.4. The van der Waals surface area contributed by atoms with Gasteiger partial charge in [0.15, 0.2) is 5.69 Å². The molecule has 1 N–H and O–H groups in total. The van der Waals surface area contributed by atoms with Crippen LogP contribution in [0.15, 0.2) is 68.0 Å². The number of aromatic nitrogens is 2. The summed E-state index contributed by atoms with van der Waals surface area (Å²) >= 11 is 3.45. The van der Waals surface area contributed by atoms with Gasteiger partial charge in [-0.05, 0) is 59.6 Å². The highest BCUT2D eigenvalue weighted by Crippen LogP contribution is 2.28. The molecule has 116 valence electrons. The van der Waals surface area contributed by atoms with Crippen LogP contribution in [0.1, 0.15) is 11.3 Å². The third-order valence-electron chi connectivity index (χ3n) is 3.42. The lowest BCUT2D eigenvalue weighted by atomic mass is 10.2. The number of aryl methyl sites for hydroxylation is 2. The van der Waals surface area contributed by atoms with Crippen molar-refractivity contribution in [3.8, 4) is 5.69 Å². The molecular formula is C17H15BrN4O. The van der Waals surface area contributed by atoms with E-state index in [4.69, 9.17) is 0 Å². The topological polar surface area (TPSA) is 62.5 Å². The molecule has 0 radical (unpaired) electrons. The zero-order valence-corrected chi connectivity index (χ0v) is 14.3. The summed E-state index contributed by atoms with van der Waals surface area (Å²) in [5.41, 5.74) is 3.33. The van der Waals surface area contributed by atoms with Crippen LogP contribution in [0.2, 0.25) is 0 Å². The van der Waals surface area contributed by atoms with Crippen LogP contribution in [0.3, 0.4) is 0 Å². The van der Waals surface area contributed by atoms with E-state index in [0.29, 0.717) is 17.1 Å². The van der Waals surface area contributed by atoms with Crippen molar-refractivity contribution in [2.75, 3.05) is 0 Å². The standard InChI is InChI=1S/C17H15BrN4O/c1-11-8-9-15(14(18)10-11)19-20-16-12(2)21-22(17(16)23)13-6-4-3-5-7-13/h3-10,21H,1-2H3. The zero-order chi connectivity index (χ0) is 16.4. The van der Waals surface area contributed by atoms with Gasteiger partial charge in [-0.2, -0.15) is 0 Å². The molecular weight excluding hydrogens is 356 g/mol. The Morgan fingerprint density at radius 2 is 1.78 bits per heavy atom. The van der Waals surface area contributed by atoms with Crippen molar-refractivity contribution < 1.29 is 0 Å². The zero-order valence-electron chi connectivity index (χ0n) is 12.7. The molecule has 2 aromatic carbocycles. The van der Waals surface area contributed by atoms with E-state index in [-0.39, 0.29) is 5.56 Å². The molecule has 0 aliphatic heterocycles. The van der Waals surface area contributed by atoms with Crippen LogP contribution in [0, 0.1) is 13.8 Å². The first-order valence-corrected chi connectivity index (χ1v) is 7.90. The quantitative estimate of drug-likeness (QED) is 0.650. The van der Waals surface area contributed by atoms with E-state index in [1.165, 1.54) is 4.68 Å². The summed E-state index contributed by atoms with van der Waals surface area (Å²) in [7, 11) is 0. The van der Waals surface area contributed by atoms with E-state index in [2.05, 4.69) is 31.3 Å². The summed E-state index contributed by atoms with van der Waals surface area (Å²) in [6.07, 6.45) is 0. The number of halogens is 1. The number of hydrogen-bond donors (Lipinski definition) is 1. The van der Waals surface area contributed by atoms with Crippen molar-refractivity contribution in [2.24, 2.45) is 10.2 Å². The molecule has 5 nitrogen and oxygen atoms in total.